The summed E-state index contributed by atoms with van der Waals surface area (Å²) in [6.07, 6.45) is 34.4. The molecule has 11 rings (SSSR count). The lowest BCUT2D eigenvalue weighted by atomic mass is 9.84. The van der Waals surface area contributed by atoms with Gasteiger partial charge in [0.05, 0.1) is 11.1 Å². The molecule has 0 fully saturated rings. The second-order valence-electron chi connectivity index (χ2n) is 24.7. The van der Waals surface area contributed by atoms with E-state index in [9.17, 15) is 0 Å². The van der Waals surface area contributed by atoms with E-state index in [0.717, 1.165) is 79.5 Å². The molecule has 4 nitrogen and oxygen atoms in total. The van der Waals surface area contributed by atoms with E-state index in [0.29, 0.717) is 11.5 Å². The first kappa shape index (κ1) is 58.7. The topological polar surface area (TPSA) is 52.6 Å². The predicted octanol–water partition coefficient (Wildman–Crippen LogP) is 23.8. The van der Waals surface area contributed by atoms with Crippen LogP contribution in [0.1, 0.15) is 225 Å². The maximum atomic E-state index is 15.1. The molecule has 0 atom stereocenters. The third-order valence-electron chi connectivity index (χ3n) is 18.8. The quantitative estimate of drug-likeness (QED) is 0.0139. The largest absolute Gasteiger partial charge is 0.422 e. The van der Waals surface area contributed by atoms with Gasteiger partial charge >= 0.3 is 11.9 Å². The van der Waals surface area contributed by atoms with Crippen molar-refractivity contribution in [1.82, 2.24) is 0 Å². The van der Waals surface area contributed by atoms with E-state index in [-0.39, 0.29) is 11.1 Å². The maximum Gasteiger partial charge on any atom is 0.344 e. The number of ether oxygens (including phenoxy) is 2. The van der Waals surface area contributed by atoms with Crippen molar-refractivity contribution >= 4 is 98.1 Å². The molecule has 0 radical (unpaired) electrons. The minimum Gasteiger partial charge on any atom is -0.422 e. The van der Waals surface area contributed by atoms with Crippen LogP contribution in [0.15, 0.2) is 133 Å². The third-order valence-corrected chi connectivity index (χ3v) is 18.8. The van der Waals surface area contributed by atoms with Gasteiger partial charge in [0, 0.05) is 21.5 Å². The van der Waals surface area contributed by atoms with Crippen LogP contribution in [0, 0.1) is 0 Å². The highest BCUT2D eigenvalue weighted by Crippen LogP contribution is 2.48. The van der Waals surface area contributed by atoms with Gasteiger partial charge in [-0.15, -0.1) is 0 Å². The number of aryl methyl sites for hydroxylation is 4. The van der Waals surface area contributed by atoms with E-state index < -0.39 is 11.9 Å². The fraction of sp³-hybridized carbons (Fsp3) is 0.400. The smallest absolute Gasteiger partial charge is 0.344 e. The van der Waals surface area contributed by atoms with Crippen LogP contribution in [-0.2, 0) is 25.7 Å². The van der Waals surface area contributed by atoms with Gasteiger partial charge in [-0.25, -0.2) is 9.59 Å². The summed E-state index contributed by atoms with van der Waals surface area (Å²) in [5.41, 5.74) is 6.02. The summed E-state index contributed by atoms with van der Waals surface area (Å²) in [6.45, 7) is 9.14. The molecule has 0 aliphatic heterocycles. The average molecular weight is 1120 g/mol. The molecule has 84 heavy (non-hydrogen) atoms. The number of hydrogen-bond acceptors (Lipinski definition) is 4. The first-order valence-electron chi connectivity index (χ1n) is 33.2. The second-order valence-corrected chi connectivity index (χ2v) is 24.7. The number of fused-ring (bicyclic) bond motifs is 4. The standard InChI is InChI=1S/C80H90O4/c1-5-9-13-17-21-25-33-55-43-49-63-61-41-31-37-59-47-53-69(77(73(59)61)67-51-45-57(71(55)75(63)67)35-27-23-19-15-11-7-3)83-79(81)65-39-29-30-40-66(65)80(82)84-70-54-48-60-38-32-42-62-64-50-44-56(34-26-22-18-14-10-6-2)72-58(36-28-24-20-16-12-8-4)46-52-68(76(64)72)78(70)74(60)62/h29-32,37-54H,5-28,33-36H2,1-4H3. The third kappa shape index (κ3) is 12.4. The molecule has 0 heterocycles. The Balaban J connectivity index is 0.955. The molecule has 11 aromatic rings. The Hall–Kier alpha value is -7.04. The monoisotopic (exact) mass is 1110 g/mol. The lowest BCUT2D eigenvalue weighted by molar-refractivity contribution is 0.0694. The SMILES string of the molecule is CCCCCCCCc1ccc2c3cccc4ccc(OC(=O)c5ccccc5C(=O)Oc5ccc6cccc7c8ccc(CCCCCCCC)c9c(CCCCCCCC)ccc(c5c67)c98)c(c5ccc(CCCCCCCC)c1c25)c43. The van der Waals surface area contributed by atoms with Gasteiger partial charge in [-0.2, -0.15) is 0 Å². The van der Waals surface area contributed by atoms with Gasteiger partial charge in [-0.3, -0.25) is 0 Å². The summed E-state index contributed by atoms with van der Waals surface area (Å²) in [6, 6.07) is 47.0. The van der Waals surface area contributed by atoms with E-state index in [1.165, 1.54) is 209 Å². The average Bonchev–Trinajstić information content (AvgIpc) is 0.846. The predicted molar refractivity (Wildman–Crippen MR) is 360 cm³/mol. The number of rotatable bonds is 32. The minimum atomic E-state index is -0.592. The van der Waals surface area contributed by atoms with Crippen LogP contribution in [0.3, 0.4) is 0 Å². The summed E-state index contributed by atoms with van der Waals surface area (Å²) in [5.74, 6) is -0.202. The van der Waals surface area contributed by atoms with Gasteiger partial charge < -0.3 is 9.47 Å². The Bertz CT molecular complexity index is 3720. The fourth-order valence-corrected chi connectivity index (χ4v) is 14.4. The number of benzene rings is 11. The maximum absolute atomic E-state index is 15.1. The zero-order chi connectivity index (χ0) is 57.8. The normalized spacial score (nSPS) is 12.0. The molecule has 0 saturated heterocycles. The molecule has 434 valence electrons. The lowest BCUT2D eigenvalue weighted by Crippen LogP contribution is -2.17. The number of hydrogen-bond donors (Lipinski definition) is 0. The highest BCUT2D eigenvalue weighted by Gasteiger charge is 2.26. The van der Waals surface area contributed by atoms with E-state index in [1.807, 2.05) is 12.1 Å². The molecule has 0 saturated carbocycles. The summed E-state index contributed by atoms with van der Waals surface area (Å²) in [4.78, 5) is 30.1. The van der Waals surface area contributed by atoms with Crippen molar-refractivity contribution in [3.8, 4) is 11.5 Å². The van der Waals surface area contributed by atoms with E-state index in [1.54, 1.807) is 24.3 Å². The van der Waals surface area contributed by atoms with Gasteiger partial charge in [-0.05, 0) is 163 Å². The highest BCUT2D eigenvalue weighted by atomic mass is 16.5. The first-order chi connectivity index (χ1) is 41.4. The van der Waals surface area contributed by atoms with Gasteiger partial charge in [0.2, 0.25) is 0 Å². The molecule has 0 spiro atoms. The summed E-state index contributed by atoms with van der Waals surface area (Å²) < 4.78 is 13.4. The van der Waals surface area contributed by atoms with Crippen molar-refractivity contribution in [2.24, 2.45) is 0 Å². The van der Waals surface area contributed by atoms with Crippen LogP contribution < -0.4 is 9.47 Å². The highest BCUT2D eigenvalue weighted by molar-refractivity contribution is 6.36. The molecule has 0 N–H and O–H groups in total. The molecule has 0 aliphatic rings. The molecule has 11 aromatic carbocycles. The molecule has 0 aromatic heterocycles. The fourth-order valence-electron chi connectivity index (χ4n) is 14.4. The zero-order valence-electron chi connectivity index (χ0n) is 51.1. The lowest BCUT2D eigenvalue weighted by Gasteiger charge is -2.21. The van der Waals surface area contributed by atoms with Crippen LogP contribution >= 0.6 is 0 Å². The Labute approximate surface area is 500 Å². The molecular formula is C80H90O4. The van der Waals surface area contributed by atoms with Crippen molar-refractivity contribution < 1.29 is 19.1 Å². The summed E-state index contributed by atoms with van der Waals surface area (Å²) in [7, 11) is 0. The van der Waals surface area contributed by atoms with E-state index >= 15 is 9.59 Å². The van der Waals surface area contributed by atoms with E-state index in [2.05, 4.69) is 125 Å². The Morgan fingerprint density at radius 1 is 0.262 bits per heavy atom. The Kier molecular flexibility index (Phi) is 19.7. The van der Waals surface area contributed by atoms with E-state index in [4.69, 9.17) is 9.47 Å². The molecule has 0 amide bonds. The van der Waals surface area contributed by atoms with Gasteiger partial charge in [0.15, 0.2) is 0 Å². The summed E-state index contributed by atoms with van der Waals surface area (Å²) >= 11 is 0. The minimum absolute atomic E-state index is 0.168. The zero-order valence-corrected chi connectivity index (χ0v) is 51.1. The van der Waals surface area contributed by atoms with Crippen LogP contribution in [0.25, 0.3) is 86.2 Å². The van der Waals surface area contributed by atoms with Gasteiger partial charge in [0.1, 0.15) is 11.5 Å². The number of carbonyl (C=O) groups is 2. The van der Waals surface area contributed by atoms with Crippen molar-refractivity contribution in [1.29, 1.82) is 0 Å². The van der Waals surface area contributed by atoms with Crippen molar-refractivity contribution in [3.63, 3.8) is 0 Å². The van der Waals surface area contributed by atoms with Crippen LogP contribution in [-0.4, -0.2) is 11.9 Å². The molecule has 0 bridgehead atoms. The molecule has 0 unspecified atom stereocenters. The van der Waals surface area contributed by atoms with Gasteiger partial charge in [0.25, 0.3) is 0 Å². The second kappa shape index (κ2) is 28.2. The van der Waals surface area contributed by atoms with Crippen molar-refractivity contribution in [3.05, 3.63) is 167 Å². The van der Waals surface area contributed by atoms with Crippen LogP contribution in [0.5, 0.6) is 11.5 Å². The van der Waals surface area contributed by atoms with Crippen molar-refractivity contribution in [2.45, 2.75) is 207 Å². The van der Waals surface area contributed by atoms with Crippen LogP contribution in [0.4, 0.5) is 0 Å². The van der Waals surface area contributed by atoms with Gasteiger partial charge in [-0.1, -0.05) is 265 Å². The number of esters is 2. The molecule has 0 aliphatic carbocycles. The first-order valence-corrected chi connectivity index (χ1v) is 33.2. The number of carbonyl (C=O) groups excluding carboxylic acids is 2. The van der Waals surface area contributed by atoms with Crippen molar-refractivity contribution in [2.75, 3.05) is 0 Å². The molecule has 4 heteroatoms. The number of unbranched alkanes of at least 4 members (excludes halogenated alkanes) is 20. The summed E-state index contributed by atoms with van der Waals surface area (Å²) in [5, 5.41) is 18.5. The Morgan fingerprint density at radius 2 is 0.571 bits per heavy atom. The van der Waals surface area contributed by atoms with Crippen LogP contribution in [0.2, 0.25) is 0 Å². The Morgan fingerprint density at radius 3 is 0.917 bits per heavy atom. The molecular weight excluding hydrogens is 1020 g/mol.